The maximum Gasteiger partial charge on any atom is 0.210 e. The molecular weight excluding hydrogens is 384 g/mol. The normalized spacial score (nSPS) is 12.0. The Kier molecular flexibility index (Phi) is 4.26. The number of phenolic OH excluding ortho intramolecular Hbond substituents is 1. The van der Waals surface area contributed by atoms with Crippen molar-refractivity contribution in [3.05, 3.63) is 78.2 Å². The number of aromatic nitrogens is 1. The number of rotatable bonds is 3. The van der Waals surface area contributed by atoms with E-state index in [9.17, 15) is 5.11 Å². The summed E-state index contributed by atoms with van der Waals surface area (Å²) in [4.78, 5) is 9.38. The minimum atomic E-state index is 0.158. The lowest BCUT2D eigenvalue weighted by molar-refractivity contribution is 0.415. The van der Waals surface area contributed by atoms with Gasteiger partial charge in [-0.1, -0.05) is 23.5 Å². The van der Waals surface area contributed by atoms with Crippen molar-refractivity contribution >= 4 is 37.7 Å². The van der Waals surface area contributed by atoms with E-state index in [-0.39, 0.29) is 5.75 Å². The molecule has 142 valence electrons. The molecule has 5 rings (SSSR count). The Balaban J connectivity index is 1.74. The van der Waals surface area contributed by atoms with Crippen molar-refractivity contribution in [1.29, 1.82) is 0 Å². The number of para-hydroxylation sites is 1. The number of phenols is 1. The highest BCUT2D eigenvalue weighted by molar-refractivity contribution is 7.21. The SMILES string of the molecule is COc1ccc(-c2c/c(=N\c3nc4ccccc4s3)c3cc(O)ccc3o2)cc1. The monoisotopic (exact) mass is 400 g/mol. The van der Waals surface area contributed by atoms with Gasteiger partial charge in [-0.2, -0.15) is 0 Å². The fraction of sp³-hybridized carbons (Fsp3) is 0.0435. The van der Waals surface area contributed by atoms with Crippen molar-refractivity contribution in [3.63, 3.8) is 0 Å². The fourth-order valence-corrected chi connectivity index (χ4v) is 4.01. The molecule has 6 heteroatoms. The summed E-state index contributed by atoms with van der Waals surface area (Å²) in [7, 11) is 1.64. The van der Waals surface area contributed by atoms with Gasteiger partial charge in [-0.15, -0.1) is 0 Å². The van der Waals surface area contributed by atoms with E-state index in [4.69, 9.17) is 14.1 Å². The Morgan fingerprint density at radius 1 is 1.00 bits per heavy atom. The third-order valence-corrected chi connectivity index (χ3v) is 5.53. The molecule has 0 amide bonds. The van der Waals surface area contributed by atoms with Gasteiger partial charge in [-0.25, -0.2) is 9.98 Å². The summed E-state index contributed by atoms with van der Waals surface area (Å²) in [5.74, 6) is 1.61. The van der Waals surface area contributed by atoms with Gasteiger partial charge in [0.05, 0.1) is 22.7 Å². The topological polar surface area (TPSA) is 67.9 Å². The van der Waals surface area contributed by atoms with Crippen molar-refractivity contribution in [2.24, 2.45) is 4.99 Å². The molecule has 0 fully saturated rings. The van der Waals surface area contributed by atoms with Crippen LogP contribution >= 0.6 is 11.3 Å². The third kappa shape index (κ3) is 3.34. The molecule has 5 nitrogen and oxygen atoms in total. The molecule has 1 N–H and O–H groups in total. The summed E-state index contributed by atoms with van der Waals surface area (Å²) >= 11 is 1.52. The number of hydrogen-bond acceptors (Lipinski definition) is 6. The largest absolute Gasteiger partial charge is 0.508 e. The van der Waals surface area contributed by atoms with E-state index >= 15 is 0 Å². The van der Waals surface area contributed by atoms with Gasteiger partial charge in [-0.05, 0) is 54.6 Å². The highest BCUT2D eigenvalue weighted by Gasteiger charge is 2.09. The zero-order valence-electron chi connectivity index (χ0n) is 15.5. The van der Waals surface area contributed by atoms with Crippen LogP contribution in [-0.2, 0) is 0 Å². The van der Waals surface area contributed by atoms with Gasteiger partial charge in [0.15, 0.2) is 0 Å². The maximum atomic E-state index is 9.97. The van der Waals surface area contributed by atoms with E-state index in [2.05, 4.69) is 4.98 Å². The molecule has 0 saturated carbocycles. The fourth-order valence-electron chi connectivity index (χ4n) is 3.16. The molecule has 5 aromatic rings. The Morgan fingerprint density at radius 2 is 1.83 bits per heavy atom. The highest BCUT2D eigenvalue weighted by Crippen LogP contribution is 2.29. The van der Waals surface area contributed by atoms with Crippen LogP contribution in [0, 0.1) is 0 Å². The van der Waals surface area contributed by atoms with Gasteiger partial charge in [0.25, 0.3) is 0 Å². The van der Waals surface area contributed by atoms with Crippen molar-refractivity contribution in [2.45, 2.75) is 0 Å². The number of nitrogens with zero attached hydrogens (tertiary/aromatic N) is 2. The van der Waals surface area contributed by atoms with Crippen LogP contribution in [-0.4, -0.2) is 17.2 Å². The molecule has 0 unspecified atom stereocenters. The molecule has 0 bridgehead atoms. The standard InChI is InChI=1S/C23H16N2O3S/c1-27-16-9-6-14(7-10-16)21-13-19(17-12-15(26)8-11-20(17)28-21)25-23-24-18-4-2-3-5-22(18)29-23/h2-13,26H,1H3/b25-19+. The average Bonchev–Trinajstić information content (AvgIpc) is 3.16. The van der Waals surface area contributed by atoms with E-state index in [1.165, 1.54) is 11.3 Å². The Hall–Kier alpha value is -3.64. The first kappa shape index (κ1) is 17.5. The molecule has 0 spiro atoms. The number of benzene rings is 3. The van der Waals surface area contributed by atoms with Crippen molar-refractivity contribution in [2.75, 3.05) is 7.11 Å². The number of ether oxygens (including phenoxy) is 1. The van der Waals surface area contributed by atoms with Crippen LogP contribution < -0.4 is 10.1 Å². The van der Waals surface area contributed by atoms with Crippen LogP contribution in [0.4, 0.5) is 5.13 Å². The maximum absolute atomic E-state index is 9.97. The molecule has 0 aliphatic heterocycles. The highest BCUT2D eigenvalue weighted by atomic mass is 32.1. The van der Waals surface area contributed by atoms with Gasteiger partial charge in [0.2, 0.25) is 5.13 Å². The molecule has 0 atom stereocenters. The van der Waals surface area contributed by atoms with Crippen LogP contribution in [0.3, 0.4) is 0 Å². The van der Waals surface area contributed by atoms with Gasteiger partial charge in [-0.3, -0.25) is 0 Å². The predicted molar refractivity (Wildman–Crippen MR) is 115 cm³/mol. The number of aromatic hydroxyl groups is 1. The molecule has 2 heterocycles. The number of fused-ring (bicyclic) bond motifs is 2. The molecule has 0 aliphatic rings. The lowest BCUT2D eigenvalue weighted by Gasteiger charge is -2.06. The van der Waals surface area contributed by atoms with E-state index in [0.717, 1.165) is 26.9 Å². The molecular formula is C23H16N2O3S. The summed E-state index contributed by atoms with van der Waals surface area (Å²) in [5.41, 5.74) is 2.46. The Bertz CT molecular complexity index is 1370. The first-order chi connectivity index (χ1) is 14.2. The molecule has 29 heavy (non-hydrogen) atoms. The number of hydrogen-bond donors (Lipinski definition) is 1. The molecule has 2 aromatic heterocycles. The Labute approximate surface area is 170 Å². The quantitative estimate of drug-likeness (QED) is 0.425. The van der Waals surface area contributed by atoms with Crippen LogP contribution in [0.5, 0.6) is 11.5 Å². The smallest absolute Gasteiger partial charge is 0.210 e. The second-order valence-corrected chi connectivity index (χ2v) is 7.49. The second kappa shape index (κ2) is 7.07. The Morgan fingerprint density at radius 3 is 2.62 bits per heavy atom. The lowest BCUT2D eigenvalue weighted by Crippen LogP contribution is -2.03. The second-order valence-electron chi connectivity index (χ2n) is 6.48. The van der Waals surface area contributed by atoms with Crippen LogP contribution in [0.25, 0.3) is 32.5 Å². The van der Waals surface area contributed by atoms with E-state index in [1.807, 2.05) is 54.6 Å². The zero-order chi connectivity index (χ0) is 19.8. The molecule has 0 saturated heterocycles. The average molecular weight is 400 g/mol. The summed E-state index contributed by atoms with van der Waals surface area (Å²) in [6.45, 7) is 0. The van der Waals surface area contributed by atoms with Crippen molar-refractivity contribution in [3.8, 4) is 22.8 Å². The van der Waals surface area contributed by atoms with Gasteiger partial charge < -0.3 is 14.3 Å². The summed E-state index contributed by atoms with van der Waals surface area (Å²) in [6.07, 6.45) is 0. The minimum absolute atomic E-state index is 0.158. The first-order valence-electron chi connectivity index (χ1n) is 9.01. The van der Waals surface area contributed by atoms with Crippen LogP contribution in [0.1, 0.15) is 0 Å². The van der Waals surface area contributed by atoms with Crippen molar-refractivity contribution < 1.29 is 14.3 Å². The van der Waals surface area contributed by atoms with Gasteiger partial charge in [0, 0.05) is 17.0 Å². The molecule has 0 radical (unpaired) electrons. The van der Waals surface area contributed by atoms with Gasteiger partial charge in [0.1, 0.15) is 22.8 Å². The number of thiazole rings is 1. The number of methoxy groups -OCH3 is 1. The van der Waals surface area contributed by atoms with Gasteiger partial charge >= 0.3 is 0 Å². The zero-order valence-corrected chi connectivity index (χ0v) is 16.3. The third-order valence-electron chi connectivity index (χ3n) is 4.60. The first-order valence-corrected chi connectivity index (χ1v) is 9.83. The van der Waals surface area contributed by atoms with E-state index < -0.39 is 0 Å². The predicted octanol–water partition coefficient (Wildman–Crippen LogP) is 5.66. The summed E-state index contributed by atoms with van der Waals surface area (Å²) in [6, 6.07) is 22.5. The van der Waals surface area contributed by atoms with E-state index in [0.29, 0.717) is 21.8 Å². The minimum Gasteiger partial charge on any atom is -0.508 e. The van der Waals surface area contributed by atoms with E-state index in [1.54, 1.807) is 25.3 Å². The van der Waals surface area contributed by atoms with Crippen molar-refractivity contribution in [1.82, 2.24) is 4.98 Å². The van der Waals surface area contributed by atoms with Crippen LogP contribution in [0.2, 0.25) is 0 Å². The lowest BCUT2D eigenvalue weighted by atomic mass is 10.1. The summed E-state index contributed by atoms with van der Waals surface area (Å²) in [5, 5.41) is 12.0. The molecule has 0 aliphatic carbocycles. The summed E-state index contributed by atoms with van der Waals surface area (Å²) < 4.78 is 12.4. The molecule has 3 aromatic carbocycles. The van der Waals surface area contributed by atoms with Crippen LogP contribution in [0.15, 0.2) is 82.2 Å².